The average Bonchev–Trinajstić information content (AvgIpc) is 2.82. The molecule has 0 unspecified atom stereocenters. The number of nitrogens with zero attached hydrogens (tertiary/aromatic N) is 1. The summed E-state index contributed by atoms with van der Waals surface area (Å²) in [6, 6.07) is 5.14. The fourth-order valence-corrected chi connectivity index (χ4v) is 3.61. The molecule has 1 fully saturated rings. The number of allylic oxidation sites excluding steroid dienone is 2. The Morgan fingerprint density at radius 3 is 2.38 bits per heavy atom. The highest BCUT2D eigenvalue weighted by Gasteiger charge is 2.47. The maximum Gasteiger partial charge on any atom is 0.244 e. The highest BCUT2D eigenvalue weighted by molar-refractivity contribution is 6.08. The van der Waals surface area contributed by atoms with E-state index in [9.17, 15) is 14.4 Å². The van der Waals surface area contributed by atoms with Crippen molar-refractivity contribution in [1.82, 2.24) is 4.90 Å². The molecule has 1 aromatic carbocycles. The van der Waals surface area contributed by atoms with Gasteiger partial charge in [-0.1, -0.05) is 12.2 Å². The molecule has 4 rings (SSSR count). The molecule has 2 heterocycles. The average molecular weight is 356 g/mol. The van der Waals surface area contributed by atoms with Crippen molar-refractivity contribution in [3.63, 3.8) is 0 Å². The van der Waals surface area contributed by atoms with Crippen LogP contribution in [0.4, 0.5) is 5.69 Å². The van der Waals surface area contributed by atoms with Gasteiger partial charge in [-0.15, -0.1) is 0 Å². The molecule has 3 amide bonds. The number of imide groups is 1. The molecule has 0 saturated carbocycles. The Bertz CT molecular complexity index is 762. The van der Waals surface area contributed by atoms with Crippen molar-refractivity contribution < 1.29 is 23.9 Å². The first kappa shape index (κ1) is 16.6. The number of carbonyl (C=O) groups is 3. The van der Waals surface area contributed by atoms with Crippen LogP contribution in [0.2, 0.25) is 0 Å². The zero-order chi connectivity index (χ0) is 18.1. The Morgan fingerprint density at radius 1 is 1.04 bits per heavy atom. The summed E-state index contributed by atoms with van der Waals surface area (Å²) in [5, 5.41) is 2.73. The molecular weight excluding hydrogens is 336 g/mol. The van der Waals surface area contributed by atoms with Gasteiger partial charge in [0.25, 0.3) is 0 Å². The van der Waals surface area contributed by atoms with E-state index in [0.717, 1.165) is 11.3 Å². The molecule has 1 aliphatic carbocycles. The molecule has 3 aliphatic rings. The lowest BCUT2D eigenvalue weighted by Crippen LogP contribution is -2.38. The molecule has 1 aromatic rings. The molecule has 0 aromatic heterocycles. The minimum absolute atomic E-state index is 0.252. The number of likely N-dealkylation sites (tertiary alicyclic amines) is 1. The predicted molar refractivity (Wildman–Crippen MR) is 92.8 cm³/mol. The molecular formula is C19H20N2O5. The van der Waals surface area contributed by atoms with E-state index in [4.69, 9.17) is 9.47 Å². The normalized spacial score (nSPS) is 24.2. The molecule has 1 saturated heterocycles. The van der Waals surface area contributed by atoms with Crippen LogP contribution in [0.5, 0.6) is 11.5 Å². The minimum atomic E-state index is -0.409. The molecule has 0 spiro atoms. The molecule has 0 bridgehead atoms. The SMILES string of the molecule is O=C(CN1C(=O)[C@H]2CC=CC[C@@H]2C1=O)Nc1ccc2c(c1)OCCCO2. The van der Waals surface area contributed by atoms with Crippen molar-refractivity contribution in [3.05, 3.63) is 30.4 Å². The molecule has 0 radical (unpaired) electrons. The van der Waals surface area contributed by atoms with Gasteiger partial charge in [0, 0.05) is 18.2 Å². The Labute approximate surface area is 150 Å². The van der Waals surface area contributed by atoms with Crippen LogP contribution in [-0.4, -0.2) is 42.4 Å². The zero-order valence-corrected chi connectivity index (χ0v) is 14.3. The van der Waals surface area contributed by atoms with Crippen LogP contribution in [0.1, 0.15) is 19.3 Å². The van der Waals surface area contributed by atoms with Crippen LogP contribution in [0.25, 0.3) is 0 Å². The Hall–Kier alpha value is -2.83. The van der Waals surface area contributed by atoms with E-state index < -0.39 is 5.91 Å². The Balaban J connectivity index is 1.42. The maximum atomic E-state index is 12.4. The first-order valence-corrected chi connectivity index (χ1v) is 8.83. The van der Waals surface area contributed by atoms with Crippen molar-refractivity contribution in [2.24, 2.45) is 11.8 Å². The maximum absolute atomic E-state index is 12.4. The third-order valence-corrected chi connectivity index (χ3v) is 4.93. The number of hydrogen-bond donors (Lipinski definition) is 1. The zero-order valence-electron chi connectivity index (χ0n) is 14.3. The number of rotatable bonds is 3. The van der Waals surface area contributed by atoms with Crippen molar-refractivity contribution in [3.8, 4) is 11.5 Å². The number of hydrogen-bond acceptors (Lipinski definition) is 5. The number of carbonyl (C=O) groups excluding carboxylic acids is 3. The third kappa shape index (κ3) is 3.05. The van der Waals surface area contributed by atoms with E-state index in [1.807, 2.05) is 12.2 Å². The van der Waals surface area contributed by atoms with Crippen LogP contribution < -0.4 is 14.8 Å². The lowest BCUT2D eigenvalue weighted by molar-refractivity contribution is -0.142. The molecule has 2 aliphatic heterocycles. The quantitative estimate of drug-likeness (QED) is 0.659. The van der Waals surface area contributed by atoms with Gasteiger partial charge in [-0.3, -0.25) is 19.3 Å². The molecule has 1 N–H and O–H groups in total. The lowest BCUT2D eigenvalue weighted by atomic mass is 9.85. The fraction of sp³-hybridized carbons (Fsp3) is 0.421. The van der Waals surface area contributed by atoms with Gasteiger partial charge >= 0.3 is 0 Å². The standard InChI is InChI=1S/C19H20N2O5/c22-17(11-21-18(23)13-4-1-2-5-14(13)19(21)24)20-12-6-7-15-16(10-12)26-9-3-8-25-15/h1-2,6-7,10,13-14H,3-5,8-9,11H2,(H,20,22)/t13-,14-/m0/s1. The predicted octanol–water partition coefficient (Wildman–Crippen LogP) is 1.74. The van der Waals surface area contributed by atoms with Crippen molar-refractivity contribution in [2.75, 3.05) is 25.1 Å². The topological polar surface area (TPSA) is 84.9 Å². The van der Waals surface area contributed by atoms with Crippen LogP contribution in [-0.2, 0) is 14.4 Å². The van der Waals surface area contributed by atoms with Crippen LogP contribution in [0, 0.1) is 11.8 Å². The van der Waals surface area contributed by atoms with Crippen molar-refractivity contribution in [2.45, 2.75) is 19.3 Å². The second-order valence-electron chi connectivity index (χ2n) is 6.68. The smallest absolute Gasteiger partial charge is 0.244 e. The van der Waals surface area contributed by atoms with Crippen LogP contribution >= 0.6 is 0 Å². The molecule has 2 atom stereocenters. The summed E-state index contributed by atoms with van der Waals surface area (Å²) in [5.41, 5.74) is 0.539. The largest absolute Gasteiger partial charge is 0.490 e. The number of ether oxygens (including phenoxy) is 2. The second-order valence-corrected chi connectivity index (χ2v) is 6.68. The Kier molecular flexibility index (Phi) is 4.36. The second kappa shape index (κ2) is 6.82. The van der Waals surface area contributed by atoms with E-state index in [2.05, 4.69) is 5.32 Å². The highest BCUT2D eigenvalue weighted by Crippen LogP contribution is 2.35. The van der Waals surface area contributed by atoms with Gasteiger partial charge in [0.05, 0.1) is 25.0 Å². The fourth-order valence-electron chi connectivity index (χ4n) is 3.61. The van der Waals surface area contributed by atoms with Gasteiger partial charge in [-0.2, -0.15) is 0 Å². The molecule has 136 valence electrons. The van der Waals surface area contributed by atoms with Crippen LogP contribution in [0.3, 0.4) is 0 Å². The van der Waals surface area contributed by atoms with Gasteiger partial charge in [0.15, 0.2) is 11.5 Å². The van der Waals surface area contributed by atoms with Crippen molar-refractivity contribution >= 4 is 23.4 Å². The summed E-state index contributed by atoms with van der Waals surface area (Å²) in [6.45, 7) is 0.881. The van der Waals surface area contributed by atoms with Gasteiger partial charge in [0.2, 0.25) is 17.7 Å². The van der Waals surface area contributed by atoms with Gasteiger partial charge < -0.3 is 14.8 Å². The number of amides is 3. The number of anilines is 1. The van der Waals surface area contributed by atoms with E-state index in [0.29, 0.717) is 43.2 Å². The van der Waals surface area contributed by atoms with E-state index in [1.165, 1.54) is 0 Å². The summed E-state index contributed by atoms with van der Waals surface area (Å²) in [5.74, 6) is -0.339. The van der Waals surface area contributed by atoms with E-state index >= 15 is 0 Å². The van der Waals surface area contributed by atoms with E-state index in [-0.39, 0.29) is 30.2 Å². The number of fused-ring (bicyclic) bond motifs is 2. The van der Waals surface area contributed by atoms with Gasteiger partial charge in [-0.05, 0) is 25.0 Å². The summed E-state index contributed by atoms with van der Waals surface area (Å²) in [4.78, 5) is 38.3. The summed E-state index contributed by atoms with van der Waals surface area (Å²) in [7, 11) is 0. The van der Waals surface area contributed by atoms with Crippen LogP contribution in [0.15, 0.2) is 30.4 Å². The molecule has 7 nitrogen and oxygen atoms in total. The van der Waals surface area contributed by atoms with Gasteiger partial charge in [0.1, 0.15) is 6.54 Å². The Morgan fingerprint density at radius 2 is 1.69 bits per heavy atom. The number of nitrogens with one attached hydrogen (secondary N) is 1. The first-order chi connectivity index (χ1) is 12.6. The van der Waals surface area contributed by atoms with Gasteiger partial charge in [-0.25, -0.2) is 0 Å². The lowest BCUT2D eigenvalue weighted by Gasteiger charge is -2.15. The third-order valence-electron chi connectivity index (χ3n) is 4.93. The minimum Gasteiger partial charge on any atom is -0.490 e. The summed E-state index contributed by atoms with van der Waals surface area (Å²) in [6.07, 6.45) is 5.78. The summed E-state index contributed by atoms with van der Waals surface area (Å²) < 4.78 is 11.2. The number of benzene rings is 1. The molecule has 26 heavy (non-hydrogen) atoms. The first-order valence-electron chi connectivity index (χ1n) is 8.83. The summed E-state index contributed by atoms with van der Waals surface area (Å²) >= 11 is 0. The van der Waals surface area contributed by atoms with Crippen molar-refractivity contribution in [1.29, 1.82) is 0 Å². The highest BCUT2D eigenvalue weighted by atomic mass is 16.5. The van der Waals surface area contributed by atoms with E-state index in [1.54, 1.807) is 18.2 Å². The molecule has 7 heteroatoms. The monoisotopic (exact) mass is 356 g/mol.